The van der Waals surface area contributed by atoms with Crippen molar-refractivity contribution in [1.82, 2.24) is 9.97 Å². The van der Waals surface area contributed by atoms with Crippen LogP contribution >= 0.6 is 0 Å². The molecule has 31 heavy (non-hydrogen) atoms. The van der Waals surface area contributed by atoms with Crippen molar-refractivity contribution in [2.45, 2.75) is 45.8 Å². The van der Waals surface area contributed by atoms with Crippen molar-refractivity contribution < 1.29 is 28.5 Å². The highest BCUT2D eigenvalue weighted by Crippen LogP contribution is 2.28. The van der Waals surface area contributed by atoms with Crippen LogP contribution in [0.5, 0.6) is 5.88 Å². The number of nitrogens with zero attached hydrogens (tertiary/aromatic N) is 2. The topological polar surface area (TPSA) is 121 Å². The number of rotatable bonds is 8. The van der Waals surface area contributed by atoms with Gasteiger partial charge in [0.05, 0.1) is 18.0 Å². The van der Waals surface area contributed by atoms with Crippen LogP contribution < -0.4 is 15.4 Å². The van der Waals surface area contributed by atoms with Crippen molar-refractivity contribution in [2.24, 2.45) is 0 Å². The van der Waals surface area contributed by atoms with Gasteiger partial charge in [0.2, 0.25) is 11.8 Å². The molecule has 0 saturated carbocycles. The van der Waals surface area contributed by atoms with E-state index in [0.717, 1.165) is 0 Å². The summed E-state index contributed by atoms with van der Waals surface area (Å²) in [4.78, 5) is 32.4. The Morgan fingerprint density at radius 1 is 1.06 bits per heavy atom. The highest BCUT2D eigenvalue weighted by molar-refractivity contribution is 5.89. The van der Waals surface area contributed by atoms with E-state index in [9.17, 15) is 9.59 Å². The van der Waals surface area contributed by atoms with Crippen LogP contribution in [0.4, 0.5) is 16.4 Å². The third-order valence-electron chi connectivity index (χ3n) is 3.97. The molecule has 0 saturated heterocycles. The summed E-state index contributed by atoms with van der Waals surface area (Å²) in [6, 6.07) is 5.37. The average Bonchev–Trinajstić information content (AvgIpc) is 2.68. The lowest BCUT2D eigenvalue weighted by molar-refractivity contribution is -0.144. The summed E-state index contributed by atoms with van der Waals surface area (Å²) in [5.41, 5.74) is -0.261. The first kappa shape index (κ1) is 24.0. The molecule has 0 unspecified atom stereocenters. The van der Waals surface area contributed by atoms with E-state index in [2.05, 4.69) is 20.6 Å². The van der Waals surface area contributed by atoms with Gasteiger partial charge in [-0.1, -0.05) is 0 Å². The molecule has 2 aromatic rings. The molecule has 170 valence electrons. The Morgan fingerprint density at radius 3 is 2.39 bits per heavy atom. The number of hydrogen-bond acceptors (Lipinski definition) is 10. The van der Waals surface area contributed by atoms with Crippen molar-refractivity contribution >= 4 is 34.7 Å². The van der Waals surface area contributed by atoms with Gasteiger partial charge < -0.3 is 29.6 Å². The third-order valence-corrected chi connectivity index (χ3v) is 3.97. The van der Waals surface area contributed by atoms with Crippen LogP contribution in [0.15, 0.2) is 18.2 Å². The van der Waals surface area contributed by atoms with E-state index < -0.39 is 23.3 Å². The minimum atomic E-state index is -0.934. The summed E-state index contributed by atoms with van der Waals surface area (Å²) in [5.74, 6) is 0.290. The van der Waals surface area contributed by atoms with Gasteiger partial charge in [-0.25, -0.2) is 14.6 Å². The Labute approximate surface area is 181 Å². The normalized spacial score (nSPS) is 11.6. The molecule has 0 aliphatic heterocycles. The number of ether oxygens (including phenoxy) is 4. The third kappa shape index (κ3) is 6.87. The van der Waals surface area contributed by atoms with E-state index in [0.29, 0.717) is 28.4 Å². The molecule has 1 heterocycles. The summed E-state index contributed by atoms with van der Waals surface area (Å²) in [6.07, 6.45) is -0.768. The van der Waals surface area contributed by atoms with E-state index in [1.54, 1.807) is 59.9 Å². The molecule has 10 heteroatoms. The number of carbonyl (C=O) groups is 2. The maximum atomic E-state index is 12.0. The molecule has 10 nitrogen and oxygen atoms in total. The Kier molecular flexibility index (Phi) is 7.48. The summed E-state index contributed by atoms with van der Waals surface area (Å²) < 4.78 is 20.7. The van der Waals surface area contributed by atoms with Gasteiger partial charge in [-0.3, -0.25) is 0 Å². The largest absolute Gasteiger partial charge is 0.508 e. The first-order chi connectivity index (χ1) is 14.4. The highest BCUT2D eigenvalue weighted by atomic mass is 16.7. The summed E-state index contributed by atoms with van der Waals surface area (Å²) in [7, 11) is 3.04. The number of esters is 1. The Hall–Kier alpha value is -3.30. The second-order valence-electron chi connectivity index (χ2n) is 8.24. The Bertz CT molecular complexity index is 939. The van der Waals surface area contributed by atoms with Crippen molar-refractivity contribution in [1.29, 1.82) is 0 Å². The van der Waals surface area contributed by atoms with Crippen LogP contribution in [0.3, 0.4) is 0 Å². The summed E-state index contributed by atoms with van der Waals surface area (Å²) in [6.45, 7) is 8.76. The SMILES string of the molecule is CNc1nc(OCCOC(=O)OC(C)(C)C)c2cc(NC(C)(C)C(=O)OC)ccc2n1. The van der Waals surface area contributed by atoms with Gasteiger partial charge in [-0.15, -0.1) is 0 Å². The zero-order valence-corrected chi connectivity index (χ0v) is 19.0. The van der Waals surface area contributed by atoms with Crippen molar-refractivity contribution in [3.63, 3.8) is 0 Å². The zero-order chi connectivity index (χ0) is 23.2. The fourth-order valence-corrected chi connectivity index (χ4v) is 2.61. The van der Waals surface area contributed by atoms with Crippen molar-refractivity contribution in [2.75, 3.05) is 38.0 Å². The maximum Gasteiger partial charge on any atom is 0.508 e. The van der Waals surface area contributed by atoms with Gasteiger partial charge in [-0.2, -0.15) is 4.98 Å². The minimum Gasteiger partial charge on any atom is -0.473 e. The van der Waals surface area contributed by atoms with Gasteiger partial charge in [-0.05, 0) is 52.8 Å². The first-order valence-corrected chi connectivity index (χ1v) is 9.80. The van der Waals surface area contributed by atoms with Crippen LogP contribution in [0.2, 0.25) is 0 Å². The predicted octanol–water partition coefficient (Wildman–Crippen LogP) is 3.37. The molecule has 2 N–H and O–H groups in total. The number of anilines is 2. The molecule has 0 atom stereocenters. The maximum absolute atomic E-state index is 12.0. The van der Waals surface area contributed by atoms with Gasteiger partial charge in [0, 0.05) is 12.7 Å². The fourth-order valence-electron chi connectivity index (χ4n) is 2.61. The number of hydrogen-bond donors (Lipinski definition) is 2. The lowest BCUT2D eigenvalue weighted by Gasteiger charge is -2.24. The second-order valence-corrected chi connectivity index (χ2v) is 8.24. The molecular formula is C21H30N4O6. The predicted molar refractivity (Wildman–Crippen MR) is 116 cm³/mol. The first-order valence-electron chi connectivity index (χ1n) is 9.80. The van der Waals surface area contributed by atoms with Crippen LogP contribution in [0.25, 0.3) is 10.9 Å². The van der Waals surface area contributed by atoms with E-state index in [4.69, 9.17) is 18.9 Å². The number of nitrogens with one attached hydrogen (secondary N) is 2. The van der Waals surface area contributed by atoms with Crippen molar-refractivity contribution in [3.8, 4) is 5.88 Å². The average molecular weight is 434 g/mol. The minimum absolute atomic E-state index is 0.0113. The summed E-state index contributed by atoms with van der Waals surface area (Å²) in [5, 5.41) is 6.65. The van der Waals surface area contributed by atoms with Gasteiger partial charge in [0.15, 0.2) is 0 Å². The Balaban J connectivity index is 2.18. The van der Waals surface area contributed by atoms with E-state index in [1.807, 2.05) is 0 Å². The van der Waals surface area contributed by atoms with Crippen LogP contribution in [-0.2, 0) is 19.0 Å². The Morgan fingerprint density at radius 2 is 1.77 bits per heavy atom. The molecule has 0 fully saturated rings. The van der Waals surface area contributed by atoms with Gasteiger partial charge in [0.1, 0.15) is 24.4 Å². The lowest BCUT2D eigenvalue weighted by Crippen LogP contribution is -2.41. The zero-order valence-electron chi connectivity index (χ0n) is 19.0. The number of fused-ring (bicyclic) bond motifs is 1. The standard InChI is InChI=1S/C21H30N4O6/c1-20(2,3)31-19(27)30-11-10-29-16-14-12-13(25-21(4,5)17(26)28-7)8-9-15(14)23-18(22-6)24-16/h8-9,12,25H,10-11H2,1-7H3,(H,22,23,24). The fraction of sp³-hybridized carbons (Fsp3) is 0.524. The smallest absolute Gasteiger partial charge is 0.473 e. The molecule has 0 aliphatic carbocycles. The number of benzene rings is 1. The molecular weight excluding hydrogens is 404 g/mol. The van der Waals surface area contributed by atoms with Crippen molar-refractivity contribution in [3.05, 3.63) is 18.2 Å². The molecule has 0 spiro atoms. The van der Waals surface area contributed by atoms with E-state index in [-0.39, 0.29) is 13.2 Å². The van der Waals surface area contributed by atoms with Crippen LogP contribution in [0.1, 0.15) is 34.6 Å². The number of methoxy groups -OCH3 is 1. The number of carbonyl (C=O) groups excluding carboxylic acids is 2. The van der Waals surface area contributed by atoms with Gasteiger partial charge in [0.25, 0.3) is 0 Å². The molecule has 1 aromatic carbocycles. The highest BCUT2D eigenvalue weighted by Gasteiger charge is 2.28. The van der Waals surface area contributed by atoms with Crippen LogP contribution in [0, 0.1) is 0 Å². The molecule has 0 radical (unpaired) electrons. The molecule has 2 rings (SSSR count). The molecule has 1 aromatic heterocycles. The number of aromatic nitrogens is 2. The molecule has 0 amide bonds. The summed E-state index contributed by atoms with van der Waals surface area (Å²) >= 11 is 0. The van der Waals surface area contributed by atoms with Crippen LogP contribution in [-0.4, -0.2) is 60.6 Å². The van der Waals surface area contributed by atoms with E-state index in [1.165, 1.54) is 7.11 Å². The molecule has 0 aliphatic rings. The lowest BCUT2D eigenvalue weighted by atomic mass is 10.1. The van der Waals surface area contributed by atoms with E-state index >= 15 is 0 Å². The second kappa shape index (κ2) is 9.67. The monoisotopic (exact) mass is 434 g/mol. The molecule has 0 bridgehead atoms. The van der Waals surface area contributed by atoms with Gasteiger partial charge >= 0.3 is 12.1 Å². The quantitative estimate of drug-likeness (QED) is 0.472.